The number of alkyl halides is 1. The van der Waals surface area contributed by atoms with E-state index < -0.39 is 6.17 Å². The predicted octanol–water partition coefficient (Wildman–Crippen LogP) is 3.24. The minimum absolute atomic E-state index is 0.0320. The van der Waals surface area contributed by atoms with Gasteiger partial charge in [-0.05, 0) is 68.4 Å². The van der Waals surface area contributed by atoms with Gasteiger partial charge in [-0.1, -0.05) is 0 Å². The van der Waals surface area contributed by atoms with Crippen LogP contribution in [0.1, 0.15) is 42.5 Å². The van der Waals surface area contributed by atoms with Crippen molar-refractivity contribution in [3.63, 3.8) is 0 Å². The zero-order valence-electron chi connectivity index (χ0n) is 25.8. The van der Waals surface area contributed by atoms with E-state index in [1.165, 1.54) is 17.7 Å². The summed E-state index contributed by atoms with van der Waals surface area (Å²) in [4.78, 5) is 39.7. The molecule has 0 radical (unpaired) electrons. The van der Waals surface area contributed by atoms with E-state index in [-0.39, 0.29) is 36.2 Å². The van der Waals surface area contributed by atoms with Gasteiger partial charge in [0.25, 0.3) is 5.91 Å². The molecule has 236 valence electrons. The Labute approximate surface area is 260 Å². The number of pyridine rings is 1. The molecule has 11 nitrogen and oxygen atoms in total. The number of nitrogens with one attached hydrogen (secondary N) is 1. The number of aryl methyl sites for hydroxylation is 1. The van der Waals surface area contributed by atoms with Crippen molar-refractivity contribution in [3.8, 4) is 17.3 Å². The van der Waals surface area contributed by atoms with Gasteiger partial charge in [-0.2, -0.15) is 0 Å². The summed E-state index contributed by atoms with van der Waals surface area (Å²) in [6.45, 7) is 3.60. The number of aromatic nitrogens is 4. The highest BCUT2D eigenvalue weighted by molar-refractivity contribution is 6.00. The molecule has 0 unspecified atom stereocenters. The molecule has 4 aliphatic rings. The van der Waals surface area contributed by atoms with Gasteiger partial charge in [0, 0.05) is 56.8 Å². The monoisotopic (exact) mass is 614 g/mol. The number of hydrogen-bond donors (Lipinski definition) is 2. The molecular formula is C33H39FN8O3. The van der Waals surface area contributed by atoms with Crippen LogP contribution < -0.4 is 20.7 Å². The third-order valence-corrected chi connectivity index (χ3v) is 10.3. The Hall–Kier alpha value is -4.19. The minimum Gasteiger partial charge on any atom is -0.494 e. The number of halogens is 1. The lowest BCUT2D eigenvalue weighted by Crippen LogP contribution is -2.62. The van der Waals surface area contributed by atoms with Gasteiger partial charge >= 0.3 is 0 Å². The fourth-order valence-corrected chi connectivity index (χ4v) is 7.44. The first kappa shape index (κ1) is 28.3. The van der Waals surface area contributed by atoms with Gasteiger partial charge in [0.2, 0.25) is 5.91 Å². The zero-order valence-corrected chi connectivity index (χ0v) is 25.8. The average Bonchev–Trinajstić information content (AvgIpc) is 3.71. The Balaban J connectivity index is 1.17. The number of ether oxygens (including phenoxy) is 1. The van der Waals surface area contributed by atoms with Crippen molar-refractivity contribution in [2.24, 2.45) is 24.1 Å². The number of β-lactam (4-membered cyclic amide) rings is 1. The lowest BCUT2D eigenvalue weighted by molar-refractivity contribution is -0.141. The van der Waals surface area contributed by atoms with Gasteiger partial charge in [-0.15, -0.1) is 0 Å². The van der Waals surface area contributed by atoms with E-state index in [0.29, 0.717) is 29.3 Å². The topological polar surface area (TPSA) is 124 Å². The van der Waals surface area contributed by atoms with Crippen LogP contribution in [0.5, 0.6) is 5.75 Å². The van der Waals surface area contributed by atoms with Crippen LogP contribution in [-0.4, -0.2) is 87.9 Å². The molecule has 4 aromatic rings. The summed E-state index contributed by atoms with van der Waals surface area (Å²) in [6.07, 6.45) is 3.20. The summed E-state index contributed by atoms with van der Waals surface area (Å²) >= 11 is 0. The number of hydrogen-bond acceptors (Lipinski definition) is 7. The smallest absolute Gasteiger partial charge is 0.254 e. The number of anilines is 1. The second-order valence-electron chi connectivity index (χ2n) is 13.5. The molecule has 8 rings (SSSR count). The standard InChI is InChI=1S/C33H39FN8O3/c1-39-28-24(11-21(13-26(28)45-2)31(43)41-16-22(34)14-23(35)17-41)37-30(39)25-12-20-5-6-27(38-29(20)42(25)15-19-3-4-19)40-9-7-33(8-10-40)18-36-32(33)44/h5-6,11-13,19,22-23H,3-4,7-10,14-18,35H2,1-2H3,(H,36,44)/t22-,23-/m1/s1. The van der Waals surface area contributed by atoms with E-state index in [2.05, 4.69) is 33.0 Å². The summed E-state index contributed by atoms with van der Waals surface area (Å²) in [7, 11) is 3.55. The number of piperidine rings is 2. The zero-order chi connectivity index (χ0) is 31.0. The maximum Gasteiger partial charge on any atom is 0.254 e. The number of nitrogens with zero attached hydrogens (tertiary/aromatic N) is 6. The van der Waals surface area contributed by atoms with Crippen molar-refractivity contribution in [2.75, 3.05) is 44.7 Å². The molecule has 3 N–H and O–H groups in total. The lowest BCUT2D eigenvalue weighted by Gasteiger charge is -2.46. The van der Waals surface area contributed by atoms with Crippen molar-refractivity contribution in [1.29, 1.82) is 0 Å². The van der Waals surface area contributed by atoms with E-state index >= 15 is 0 Å². The third-order valence-electron chi connectivity index (χ3n) is 10.3. The summed E-state index contributed by atoms with van der Waals surface area (Å²) in [5.74, 6) is 2.73. The second kappa shape index (κ2) is 10.4. The summed E-state index contributed by atoms with van der Waals surface area (Å²) in [6, 6.07) is 9.46. The average molecular weight is 615 g/mol. The van der Waals surface area contributed by atoms with Crippen LogP contribution in [0.2, 0.25) is 0 Å². The van der Waals surface area contributed by atoms with Crippen LogP contribution in [0, 0.1) is 11.3 Å². The number of nitrogens with two attached hydrogens (primary N) is 1. The molecule has 4 fully saturated rings. The molecule has 1 spiro atoms. The fourth-order valence-electron chi connectivity index (χ4n) is 7.44. The Kier molecular flexibility index (Phi) is 6.56. The Bertz CT molecular complexity index is 1830. The first-order chi connectivity index (χ1) is 21.7. The van der Waals surface area contributed by atoms with Crippen LogP contribution in [0.25, 0.3) is 33.6 Å². The number of fused-ring (bicyclic) bond motifs is 2. The largest absolute Gasteiger partial charge is 0.494 e. The third kappa shape index (κ3) is 4.72. The van der Waals surface area contributed by atoms with Crippen LogP contribution >= 0.6 is 0 Å². The predicted molar refractivity (Wildman–Crippen MR) is 169 cm³/mol. The second-order valence-corrected chi connectivity index (χ2v) is 13.5. The maximum absolute atomic E-state index is 14.3. The van der Waals surface area contributed by atoms with Crippen LogP contribution in [0.3, 0.4) is 0 Å². The molecule has 3 aromatic heterocycles. The lowest BCUT2D eigenvalue weighted by atomic mass is 9.72. The molecule has 6 heterocycles. The number of amides is 2. The molecule has 1 aromatic carbocycles. The summed E-state index contributed by atoms with van der Waals surface area (Å²) in [5.41, 5.74) is 9.53. The number of carbonyl (C=O) groups is 2. The highest BCUT2D eigenvalue weighted by Gasteiger charge is 2.48. The van der Waals surface area contributed by atoms with Crippen molar-refractivity contribution in [3.05, 3.63) is 35.9 Å². The van der Waals surface area contributed by atoms with Gasteiger partial charge < -0.3 is 34.7 Å². The number of methoxy groups -OCH3 is 1. The van der Waals surface area contributed by atoms with Crippen molar-refractivity contribution in [1.82, 2.24) is 29.3 Å². The molecule has 1 aliphatic carbocycles. The highest BCUT2D eigenvalue weighted by Crippen LogP contribution is 2.40. The van der Waals surface area contributed by atoms with Gasteiger partial charge in [-0.3, -0.25) is 9.59 Å². The van der Waals surface area contributed by atoms with Gasteiger partial charge in [0.15, 0.2) is 5.82 Å². The molecule has 2 atom stereocenters. The molecule has 2 amide bonds. The summed E-state index contributed by atoms with van der Waals surface area (Å²) in [5, 5.41) is 3.96. The first-order valence-electron chi connectivity index (χ1n) is 16.0. The first-order valence-corrected chi connectivity index (χ1v) is 16.0. The number of imidazole rings is 1. The van der Waals surface area contributed by atoms with E-state index in [0.717, 1.165) is 72.9 Å². The molecule has 0 bridgehead atoms. The summed E-state index contributed by atoms with van der Waals surface area (Å²) < 4.78 is 24.4. The van der Waals surface area contributed by atoms with Crippen molar-refractivity contribution in [2.45, 2.75) is 50.9 Å². The SMILES string of the molecule is COc1cc(C(=O)N2C[C@H](N)C[C@@H](F)C2)cc2nc(-c3cc4ccc(N5CCC6(CC5)CNC6=O)nc4n3CC3CC3)n(C)c12. The number of rotatable bonds is 6. The Morgan fingerprint density at radius 1 is 1.16 bits per heavy atom. The van der Waals surface area contributed by atoms with E-state index in [1.54, 1.807) is 19.2 Å². The van der Waals surface area contributed by atoms with E-state index in [4.69, 9.17) is 20.4 Å². The number of likely N-dealkylation sites (tertiary alicyclic amines) is 1. The van der Waals surface area contributed by atoms with Crippen LogP contribution in [0.15, 0.2) is 30.3 Å². The van der Waals surface area contributed by atoms with E-state index in [9.17, 15) is 14.0 Å². The van der Waals surface area contributed by atoms with E-state index in [1.807, 2.05) is 11.6 Å². The molecule has 1 saturated carbocycles. The number of benzene rings is 1. The minimum atomic E-state index is -1.14. The molecule has 3 aliphatic heterocycles. The van der Waals surface area contributed by atoms with Crippen LogP contribution in [-0.2, 0) is 18.4 Å². The Morgan fingerprint density at radius 2 is 1.96 bits per heavy atom. The molecular weight excluding hydrogens is 575 g/mol. The molecule has 3 saturated heterocycles. The highest BCUT2D eigenvalue weighted by atomic mass is 19.1. The van der Waals surface area contributed by atoms with Gasteiger partial charge in [-0.25, -0.2) is 14.4 Å². The van der Waals surface area contributed by atoms with Crippen molar-refractivity contribution >= 4 is 39.7 Å². The quantitative estimate of drug-likeness (QED) is 0.320. The van der Waals surface area contributed by atoms with Crippen LogP contribution in [0.4, 0.5) is 10.2 Å². The molecule has 45 heavy (non-hydrogen) atoms. The molecule has 12 heteroatoms. The van der Waals surface area contributed by atoms with Crippen molar-refractivity contribution < 1.29 is 18.7 Å². The Morgan fingerprint density at radius 3 is 2.62 bits per heavy atom. The van der Waals surface area contributed by atoms with Gasteiger partial charge in [0.1, 0.15) is 28.9 Å². The number of carbonyl (C=O) groups excluding carboxylic acids is 2. The van der Waals surface area contributed by atoms with Gasteiger partial charge in [0.05, 0.1) is 30.3 Å². The fraction of sp³-hybridized carbons (Fsp3) is 0.515. The maximum atomic E-state index is 14.3. The normalized spacial score (nSPS) is 23.1.